The normalized spacial score (nSPS) is 11.0. The lowest BCUT2D eigenvalue weighted by Crippen LogP contribution is -2.30. The van der Waals surface area contributed by atoms with Crippen LogP contribution in [0.1, 0.15) is 5.56 Å². The molecule has 0 N–H and O–H groups in total. The third kappa shape index (κ3) is 2.65. The number of nitrogens with zero attached hydrogens (tertiary/aromatic N) is 1. The van der Waals surface area contributed by atoms with Crippen molar-refractivity contribution in [2.24, 2.45) is 0 Å². The summed E-state index contributed by atoms with van der Waals surface area (Å²) >= 11 is 0. The lowest BCUT2D eigenvalue weighted by atomic mass is 10.1. The average molecular weight is 343 g/mol. The monoisotopic (exact) mass is 343 g/mol. The minimum Gasteiger partial charge on any atom is -0.497 e. The molecule has 0 saturated carbocycles. The van der Waals surface area contributed by atoms with E-state index < -0.39 is 0 Å². The van der Waals surface area contributed by atoms with Gasteiger partial charge in [0.15, 0.2) is 0 Å². The Kier molecular flexibility index (Phi) is 4.01. The van der Waals surface area contributed by atoms with Crippen LogP contribution in [0, 0.1) is 0 Å². The summed E-state index contributed by atoms with van der Waals surface area (Å²) in [5, 5.41) is 2.66. The van der Waals surface area contributed by atoms with Crippen molar-refractivity contribution in [1.29, 1.82) is 0 Å². The molecule has 26 heavy (non-hydrogen) atoms. The topological polar surface area (TPSA) is 48.3 Å². The Balaban J connectivity index is 2.04. The SMILES string of the molecule is COc1ccc(Cn2c(=O)c3ccccc3c3ccccc3c2=O)cc1. The Bertz CT molecular complexity index is 1150. The molecule has 4 aromatic rings. The van der Waals surface area contributed by atoms with E-state index in [2.05, 4.69) is 0 Å². The van der Waals surface area contributed by atoms with Crippen LogP contribution < -0.4 is 15.9 Å². The molecule has 4 rings (SSSR count). The molecule has 4 heteroatoms. The Labute approximate surface area is 149 Å². The summed E-state index contributed by atoms with van der Waals surface area (Å²) in [6.45, 7) is 0.213. The van der Waals surface area contributed by atoms with E-state index in [-0.39, 0.29) is 17.7 Å². The van der Waals surface area contributed by atoms with Crippen LogP contribution in [0.3, 0.4) is 0 Å². The molecule has 128 valence electrons. The van der Waals surface area contributed by atoms with Crippen molar-refractivity contribution in [3.63, 3.8) is 0 Å². The summed E-state index contributed by atoms with van der Waals surface area (Å²) in [6, 6.07) is 22.1. The molecule has 1 heterocycles. The highest BCUT2D eigenvalue weighted by molar-refractivity contribution is 6.05. The van der Waals surface area contributed by atoms with Gasteiger partial charge in [0.1, 0.15) is 5.75 Å². The molecule has 0 radical (unpaired) electrons. The van der Waals surface area contributed by atoms with Crippen LogP contribution in [0.5, 0.6) is 5.75 Å². The quantitative estimate of drug-likeness (QED) is 0.571. The molecule has 0 spiro atoms. The molecular formula is C22H17NO3. The fourth-order valence-corrected chi connectivity index (χ4v) is 3.25. The summed E-state index contributed by atoms with van der Waals surface area (Å²) in [5.41, 5.74) is 0.305. The van der Waals surface area contributed by atoms with Gasteiger partial charge in [-0.25, -0.2) is 0 Å². The molecule has 4 nitrogen and oxygen atoms in total. The van der Waals surface area contributed by atoms with E-state index in [0.29, 0.717) is 10.8 Å². The second kappa shape index (κ2) is 6.48. The van der Waals surface area contributed by atoms with Gasteiger partial charge in [-0.05, 0) is 40.6 Å². The summed E-state index contributed by atoms with van der Waals surface area (Å²) in [4.78, 5) is 26.2. The second-order valence-corrected chi connectivity index (χ2v) is 6.14. The lowest BCUT2D eigenvalue weighted by Gasteiger charge is -2.05. The van der Waals surface area contributed by atoms with E-state index in [1.165, 1.54) is 4.57 Å². The van der Waals surface area contributed by atoms with Gasteiger partial charge in [0.25, 0.3) is 11.1 Å². The fourth-order valence-electron chi connectivity index (χ4n) is 3.25. The smallest absolute Gasteiger partial charge is 0.261 e. The highest BCUT2D eigenvalue weighted by Gasteiger charge is 2.11. The van der Waals surface area contributed by atoms with E-state index in [9.17, 15) is 9.59 Å². The predicted molar refractivity (Wildman–Crippen MR) is 104 cm³/mol. The number of ether oxygens (including phenoxy) is 1. The number of aromatic nitrogens is 1. The number of hydrogen-bond donors (Lipinski definition) is 0. The van der Waals surface area contributed by atoms with Crippen molar-refractivity contribution < 1.29 is 4.74 Å². The summed E-state index contributed by atoms with van der Waals surface area (Å²) in [7, 11) is 1.60. The average Bonchev–Trinajstić information content (AvgIpc) is 2.79. The van der Waals surface area contributed by atoms with Gasteiger partial charge in [0.05, 0.1) is 13.7 Å². The van der Waals surface area contributed by atoms with Crippen molar-refractivity contribution in [3.8, 4) is 5.75 Å². The molecule has 0 bridgehead atoms. The maximum absolute atomic E-state index is 13.1. The van der Waals surface area contributed by atoms with Gasteiger partial charge in [-0.3, -0.25) is 14.2 Å². The minimum absolute atomic E-state index is 0.213. The number of fused-ring (bicyclic) bond motifs is 3. The van der Waals surface area contributed by atoms with Crippen molar-refractivity contribution in [1.82, 2.24) is 4.57 Å². The van der Waals surface area contributed by atoms with Gasteiger partial charge in [-0.15, -0.1) is 0 Å². The van der Waals surface area contributed by atoms with Gasteiger partial charge >= 0.3 is 0 Å². The van der Waals surface area contributed by atoms with Crippen LogP contribution in [0.4, 0.5) is 0 Å². The molecule has 0 fully saturated rings. The zero-order valence-electron chi connectivity index (χ0n) is 14.3. The maximum Gasteiger partial charge on any atom is 0.261 e. The molecule has 0 amide bonds. The molecule has 3 aromatic carbocycles. The van der Waals surface area contributed by atoms with Crippen LogP contribution in [0.2, 0.25) is 0 Å². The fraction of sp³-hybridized carbons (Fsp3) is 0.0909. The van der Waals surface area contributed by atoms with Crippen molar-refractivity contribution >= 4 is 21.5 Å². The van der Waals surface area contributed by atoms with Crippen LogP contribution in [0.15, 0.2) is 82.4 Å². The van der Waals surface area contributed by atoms with E-state index in [1.807, 2.05) is 60.7 Å². The molecule has 0 aliphatic carbocycles. The number of hydrogen-bond acceptors (Lipinski definition) is 3. The first-order valence-corrected chi connectivity index (χ1v) is 8.36. The minimum atomic E-state index is -0.280. The molecule has 0 unspecified atom stereocenters. The zero-order valence-corrected chi connectivity index (χ0v) is 14.3. The number of methoxy groups -OCH3 is 1. The Morgan fingerprint density at radius 1 is 0.692 bits per heavy atom. The second-order valence-electron chi connectivity index (χ2n) is 6.14. The third-order valence-corrected chi connectivity index (χ3v) is 4.60. The van der Waals surface area contributed by atoms with Gasteiger partial charge < -0.3 is 4.74 Å². The van der Waals surface area contributed by atoms with Gasteiger partial charge in [-0.1, -0.05) is 48.5 Å². The first kappa shape index (κ1) is 16.1. The first-order valence-electron chi connectivity index (χ1n) is 8.36. The van der Waals surface area contributed by atoms with E-state index in [1.54, 1.807) is 19.2 Å². The van der Waals surface area contributed by atoms with E-state index in [4.69, 9.17) is 4.74 Å². The number of rotatable bonds is 3. The number of benzene rings is 3. The lowest BCUT2D eigenvalue weighted by molar-refractivity contribution is 0.414. The maximum atomic E-state index is 13.1. The van der Waals surface area contributed by atoms with Gasteiger partial charge in [0.2, 0.25) is 0 Å². The Morgan fingerprint density at radius 2 is 1.15 bits per heavy atom. The Morgan fingerprint density at radius 3 is 1.62 bits per heavy atom. The van der Waals surface area contributed by atoms with Crippen molar-refractivity contribution in [3.05, 3.63) is 99.1 Å². The summed E-state index contributed by atoms with van der Waals surface area (Å²) < 4.78 is 6.48. The summed E-state index contributed by atoms with van der Waals surface area (Å²) in [5.74, 6) is 0.734. The van der Waals surface area contributed by atoms with Crippen molar-refractivity contribution in [2.75, 3.05) is 7.11 Å². The molecule has 0 aliphatic heterocycles. The van der Waals surface area contributed by atoms with Crippen LogP contribution in [-0.2, 0) is 6.54 Å². The molecule has 0 aliphatic rings. The van der Waals surface area contributed by atoms with Crippen LogP contribution in [-0.4, -0.2) is 11.7 Å². The predicted octanol–water partition coefficient (Wildman–Crippen LogP) is 3.57. The Hall–Kier alpha value is -3.40. The largest absolute Gasteiger partial charge is 0.497 e. The first-order chi connectivity index (χ1) is 12.7. The zero-order chi connectivity index (χ0) is 18.1. The van der Waals surface area contributed by atoms with Crippen LogP contribution in [0.25, 0.3) is 21.5 Å². The highest BCUT2D eigenvalue weighted by atomic mass is 16.5. The molecule has 0 saturated heterocycles. The van der Waals surface area contributed by atoms with E-state index in [0.717, 1.165) is 22.1 Å². The highest BCUT2D eigenvalue weighted by Crippen LogP contribution is 2.19. The van der Waals surface area contributed by atoms with Crippen molar-refractivity contribution in [2.45, 2.75) is 6.54 Å². The van der Waals surface area contributed by atoms with E-state index >= 15 is 0 Å². The summed E-state index contributed by atoms with van der Waals surface area (Å²) in [6.07, 6.45) is 0. The molecule has 1 aromatic heterocycles. The standard InChI is InChI=1S/C22H17NO3/c1-26-16-12-10-15(11-13-16)14-23-21(24)19-8-4-2-6-17(19)18-7-3-5-9-20(18)22(23)25/h2-13H,14H2,1H3. The van der Waals surface area contributed by atoms with Gasteiger partial charge in [0, 0.05) is 10.8 Å². The molecule has 0 atom stereocenters. The third-order valence-electron chi connectivity index (χ3n) is 4.60. The van der Waals surface area contributed by atoms with Gasteiger partial charge in [-0.2, -0.15) is 0 Å². The van der Waals surface area contributed by atoms with Crippen LogP contribution >= 0.6 is 0 Å². The molecular weight excluding hydrogens is 326 g/mol.